The Labute approximate surface area is 191 Å². The van der Waals surface area contributed by atoms with Crippen LogP contribution in [0, 0.1) is 0 Å². The van der Waals surface area contributed by atoms with E-state index in [9.17, 15) is 14.7 Å². The van der Waals surface area contributed by atoms with Crippen molar-refractivity contribution in [1.29, 1.82) is 0 Å². The lowest BCUT2D eigenvalue weighted by Crippen LogP contribution is -2.22. The van der Waals surface area contributed by atoms with E-state index in [-0.39, 0.29) is 16.8 Å². The van der Waals surface area contributed by atoms with Gasteiger partial charge in [-0.15, -0.1) is 0 Å². The van der Waals surface area contributed by atoms with Gasteiger partial charge in [0.2, 0.25) is 0 Å². The van der Waals surface area contributed by atoms with Crippen LogP contribution in [0.1, 0.15) is 41.8 Å². The Morgan fingerprint density at radius 1 is 1.12 bits per heavy atom. The molecule has 0 saturated heterocycles. The number of carbonyl (C=O) groups is 1. The molecule has 4 rings (SSSR count). The van der Waals surface area contributed by atoms with Crippen LogP contribution in [0.4, 0.5) is 0 Å². The maximum Gasteiger partial charge on any atom is 0.341 e. The maximum absolute atomic E-state index is 13.2. The number of rotatable bonds is 8. The lowest BCUT2D eigenvalue weighted by molar-refractivity contribution is 0.0698. The second-order valence-electron chi connectivity index (χ2n) is 8.01. The molecule has 0 fully saturated rings. The molecule has 7 nitrogen and oxygen atoms in total. The molecular formula is C26H25N3O4. The molecule has 0 radical (unpaired) electrons. The lowest BCUT2D eigenvalue weighted by Gasteiger charge is -2.11. The number of nitrogens with one attached hydrogen (secondary N) is 1. The minimum Gasteiger partial charge on any atom is -0.489 e. The fourth-order valence-electron chi connectivity index (χ4n) is 3.63. The molecule has 0 atom stereocenters. The average molecular weight is 444 g/mol. The number of carboxylic acid groups (broad SMARTS) is 1. The maximum atomic E-state index is 13.2. The van der Waals surface area contributed by atoms with E-state index < -0.39 is 5.97 Å². The highest BCUT2D eigenvalue weighted by Gasteiger charge is 2.20. The quantitative estimate of drug-likeness (QED) is 0.379. The number of carboxylic acids is 1. The molecule has 0 unspecified atom stereocenters. The van der Waals surface area contributed by atoms with Crippen LogP contribution in [0.2, 0.25) is 0 Å². The third kappa shape index (κ3) is 4.87. The molecule has 2 aromatic carbocycles. The van der Waals surface area contributed by atoms with Crippen LogP contribution < -0.4 is 10.3 Å². The summed E-state index contributed by atoms with van der Waals surface area (Å²) in [6.45, 7) is 4.46. The number of aromatic nitrogens is 3. The Balaban J connectivity index is 1.71. The molecule has 7 heteroatoms. The highest BCUT2D eigenvalue weighted by molar-refractivity contribution is 5.94. The largest absolute Gasteiger partial charge is 0.489 e. The molecule has 0 spiro atoms. The third-order valence-electron chi connectivity index (χ3n) is 5.31. The molecule has 4 aromatic rings. The van der Waals surface area contributed by atoms with Gasteiger partial charge in [-0.2, -0.15) is 0 Å². The van der Waals surface area contributed by atoms with Crippen LogP contribution >= 0.6 is 0 Å². The van der Waals surface area contributed by atoms with Crippen molar-refractivity contribution in [1.82, 2.24) is 14.6 Å². The van der Waals surface area contributed by atoms with E-state index in [1.807, 2.05) is 68.4 Å². The van der Waals surface area contributed by atoms with Gasteiger partial charge >= 0.3 is 5.97 Å². The van der Waals surface area contributed by atoms with Crippen molar-refractivity contribution in [3.8, 4) is 17.0 Å². The Hall–Kier alpha value is -4.13. The van der Waals surface area contributed by atoms with E-state index >= 15 is 0 Å². The number of fused-ring (bicyclic) bond motifs is 1. The Kier molecular flexibility index (Phi) is 6.40. The summed E-state index contributed by atoms with van der Waals surface area (Å²) in [6, 6.07) is 17.2. The van der Waals surface area contributed by atoms with Crippen molar-refractivity contribution < 1.29 is 14.6 Å². The van der Waals surface area contributed by atoms with Crippen molar-refractivity contribution in [3.05, 3.63) is 99.5 Å². The molecular weight excluding hydrogens is 418 g/mol. The summed E-state index contributed by atoms with van der Waals surface area (Å²) in [5.41, 5.74) is 3.72. The standard InChI is InChI=1S/C26H25N3O4/c1-17(2)7-6-10-21-23(28-24-22(26(31)32)15-27-29(24)25(21)30)19-11-13-20(14-12-19)33-16-18-8-4-3-5-9-18/h3-5,7-9,11-15,27H,6,10,16H2,1-2H3,(H,31,32). The first-order valence-electron chi connectivity index (χ1n) is 10.7. The number of benzene rings is 2. The van der Waals surface area contributed by atoms with Crippen molar-refractivity contribution in [3.63, 3.8) is 0 Å². The fourth-order valence-corrected chi connectivity index (χ4v) is 3.63. The first kappa shape index (κ1) is 22.1. The number of H-pyrrole nitrogens is 1. The van der Waals surface area contributed by atoms with Gasteiger partial charge < -0.3 is 9.84 Å². The highest BCUT2D eigenvalue weighted by atomic mass is 16.5. The lowest BCUT2D eigenvalue weighted by atomic mass is 10.0. The monoisotopic (exact) mass is 443 g/mol. The van der Waals surface area contributed by atoms with Crippen LogP contribution in [0.5, 0.6) is 5.75 Å². The molecule has 0 saturated carbocycles. The number of ether oxygens (including phenoxy) is 1. The van der Waals surface area contributed by atoms with E-state index in [1.165, 1.54) is 16.3 Å². The van der Waals surface area contributed by atoms with Gasteiger partial charge in [0.25, 0.3) is 5.56 Å². The van der Waals surface area contributed by atoms with Gasteiger partial charge in [-0.25, -0.2) is 14.3 Å². The molecule has 0 aliphatic carbocycles. The third-order valence-corrected chi connectivity index (χ3v) is 5.31. The summed E-state index contributed by atoms with van der Waals surface area (Å²) in [4.78, 5) is 29.4. The van der Waals surface area contributed by atoms with Gasteiger partial charge in [0, 0.05) is 17.3 Å². The molecule has 0 amide bonds. The summed E-state index contributed by atoms with van der Waals surface area (Å²) in [7, 11) is 0. The fraction of sp³-hybridized carbons (Fsp3) is 0.192. The van der Waals surface area contributed by atoms with Crippen LogP contribution in [-0.4, -0.2) is 25.7 Å². The first-order valence-corrected chi connectivity index (χ1v) is 10.7. The van der Waals surface area contributed by atoms with E-state index in [1.54, 1.807) is 0 Å². The van der Waals surface area contributed by atoms with Gasteiger partial charge in [0.15, 0.2) is 5.65 Å². The highest BCUT2D eigenvalue weighted by Crippen LogP contribution is 2.25. The van der Waals surface area contributed by atoms with Crippen LogP contribution in [0.3, 0.4) is 0 Å². The van der Waals surface area contributed by atoms with Crippen molar-refractivity contribution in [2.24, 2.45) is 0 Å². The van der Waals surface area contributed by atoms with Gasteiger partial charge in [0.05, 0.1) is 5.69 Å². The van der Waals surface area contributed by atoms with Crippen LogP contribution in [0.15, 0.2) is 77.2 Å². The molecule has 2 aromatic heterocycles. The smallest absolute Gasteiger partial charge is 0.341 e. The number of hydrogen-bond acceptors (Lipinski definition) is 4. The predicted molar refractivity (Wildman–Crippen MR) is 127 cm³/mol. The summed E-state index contributed by atoms with van der Waals surface area (Å²) in [5, 5.41) is 12.2. The van der Waals surface area contributed by atoms with Crippen molar-refractivity contribution >= 4 is 11.6 Å². The number of allylic oxidation sites excluding steroid dienone is 2. The minimum absolute atomic E-state index is 0.0491. The van der Waals surface area contributed by atoms with Crippen molar-refractivity contribution in [2.45, 2.75) is 33.3 Å². The summed E-state index contributed by atoms with van der Waals surface area (Å²) < 4.78 is 7.06. The van der Waals surface area contributed by atoms with E-state index in [0.29, 0.717) is 36.5 Å². The van der Waals surface area contributed by atoms with Crippen LogP contribution in [-0.2, 0) is 13.0 Å². The second kappa shape index (κ2) is 9.56. The minimum atomic E-state index is -1.14. The summed E-state index contributed by atoms with van der Waals surface area (Å²) in [5.74, 6) is -0.451. The molecule has 0 aliphatic rings. The zero-order valence-corrected chi connectivity index (χ0v) is 18.5. The van der Waals surface area contributed by atoms with E-state index in [4.69, 9.17) is 4.74 Å². The average Bonchev–Trinajstić information content (AvgIpc) is 3.24. The molecule has 168 valence electrons. The van der Waals surface area contributed by atoms with Gasteiger partial charge in [-0.05, 0) is 56.5 Å². The molecule has 2 heterocycles. The second-order valence-corrected chi connectivity index (χ2v) is 8.01. The number of aromatic carboxylic acids is 1. The molecule has 0 aliphatic heterocycles. The van der Waals surface area contributed by atoms with Gasteiger partial charge in [0.1, 0.15) is 17.9 Å². The number of hydrogen-bond donors (Lipinski definition) is 2. The molecule has 0 bridgehead atoms. The van der Waals surface area contributed by atoms with E-state index in [2.05, 4.69) is 16.2 Å². The Morgan fingerprint density at radius 3 is 2.52 bits per heavy atom. The first-order chi connectivity index (χ1) is 15.9. The number of nitrogens with zero attached hydrogens (tertiary/aromatic N) is 2. The van der Waals surface area contributed by atoms with Gasteiger partial charge in [-0.1, -0.05) is 42.0 Å². The van der Waals surface area contributed by atoms with Gasteiger partial charge in [-0.3, -0.25) is 9.89 Å². The Bertz CT molecular complexity index is 1360. The predicted octanol–water partition coefficient (Wildman–Crippen LogP) is 4.87. The molecule has 2 N–H and O–H groups in total. The summed E-state index contributed by atoms with van der Waals surface area (Å²) >= 11 is 0. The SMILES string of the molecule is CC(C)=CCCc1c(-c2ccc(OCc3ccccc3)cc2)nc2c(C(=O)O)c[nH]n2c1=O. The zero-order valence-electron chi connectivity index (χ0n) is 18.5. The van der Waals surface area contributed by atoms with Crippen molar-refractivity contribution in [2.75, 3.05) is 0 Å². The Morgan fingerprint density at radius 2 is 1.85 bits per heavy atom. The van der Waals surface area contributed by atoms with E-state index in [0.717, 1.165) is 11.1 Å². The van der Waals surface area contributed by atoms with Crippen LogP contribution in [0.25, 0.3) is 16.9 Å². The zero-order chi connectivity index (χ0) is 23.4. The molecule has 33 heavy (non-hydrogen) atoms. The number of aromatic amines is 1. The summed E-state index contributed by atoms with van der Waals surface area (Å²) in [6.07, 6.45) is 4.53. The topological polar surface area (TPSA) is 96.7 Å². The normalized spacial score (nSPS) is 10.8.